The molecule has 1 fully saturated rings. The Kier molecular flexibility index (Phi) is 6.94. The molecule has 7 heteroatoms. The number of ether oxygens (including phenoxy) is 3. The lowest BCUT2D eigenvalue weighted by Gasteiger charge is -2.15. The van der Waals surface area contributed by atoms with Crippen LogP contribution in [0.15, 0.2) is 41.5 Å². The molecule has 0 saturated heterocycles. The summed E-state index contributed by atoms with van der Waals surface area (Å²) in [7, 11) is 5.04. The number of hydrogen-bond donors (Lipinski definition) is 2. The van der Waals surface area contributed by atoms with Gasteiger partial charge in [-0.1, -0.05) is 0 Å². The van der Waals surface area contributed by atoms with Crippen LogP contribution in [0.4, 0.5) is 0 Å². The van der Waals surface area contributed by atoms with Gasteiger partial charge in [0, 0.05) is 44.0 Å². The van der Waals surface area contributed by atoms with Crippen LogP contribution in [-0.4, -0.2) is 38.8 Å². The Bertz CT molecular complexity index is 806. The molecule has 1 heterocycles. The molecule has 1 saturated carbocycles. The van der Waals surface area contributed by atoms with Crippen molar-refractivity contribution < 1.29 is 14.2 Å². The molecule has 0 amide bonds. The maximum Gasteiger partial charge on any atom is 0.213 e. The third-order valence-corrected chi connectivity index (χ3v) is 4.59. The standard InChI is InChI=1S/C21H28N4O3/c1-22-21(25-13-17-6-7-18(26-2)11-19(17)27-3)24-12-16-8-9-23-20(10-16)28-14-15-4-5-15/h6-11,15H,4-5,12-14H2,1-3H3,(H2,22,24,25). The van der Waals surface area contributed by atoms with E-state index in [0.717, 1.165) is 29.2 Å². The molecule has 1 aliphatic rings. The van der Waals surface area contributed by atoms with Crippen LogP contribution in [0.2, 0.25) is 0 Å². The maximum absolute atomic E-state index is 5.74. The molecule has 0 aliphatic heterocycles. The van der Waals surface area contributed by atoms with Crippen molar-refractivity contribution in [3.8, 4) is 17.4 Å². The normalized spacial score (nSPS) is 13.8. The molecular formula is C21H28N4O3. The lowest BCUT2D eigenvalue weighted by molar-refractivity contribution is 0.288. The lowest BCUT2D eigenvalue weighted by atomic mass is 10.2. The fourth-order valence-electron chi connectivity index (χ4n) is 2.71. The average molecular weight is 384 g/mol. The van der Waals surface area contributed by atoms with Gasteiger partial charge in [0.05, 0.1) is 20.8 Å². The van der Waals surface area contributed by atoms with Gasteiger partial charge >= 0.3 is 0 Å². The Morgan fingerprint density at radius 2 is 1.93 bits per heavy atom. The molecular weight excluding hydrogens is 356 g/mol. The first-order chi connectivity index (χ1) is 13.7. The van der Waals surface area contributed by atoms with E-state index in [-0.39, 0.29) is 0 Å². The first-order valence-corrected chi connectivity index (χ1v) is 9.45. The SMILES string of the molecule is CN=C(NCc1ccnc(OCC2CC2)c1)NCc1ccc(OC)cc1OC. The third kappa shape index (κ3) is 5.77. The highest BCUT2D eigenvalue weighted by Gasteiger charge is 2.22. The summed E-state index contributed by atoms with van der Waals surface area (Å²) in [4.78, 5) is 8.56. The maximum atomic E-state index is 5.74. The smallest absolute Gasteiger partial charge is 0.213 e. The van der Waals surface area contributed by atoms with Crippen LogP contribution in [0.25, 0.3) is 0 Å². The largest absolute Gasteiger partial charge is 0.497 e. The first-order valence-electron chi connectivity index (χ1n) is 9.45. The van der Waals surface area contributed by atoms with Gasteiger partial charge in [0.2, 0.25) is 5.88 Å². The summed E-state index contributed by atoms with van der Waals surface area (Å²) >= 11 is 0. The number of hydrogen-bond acceptors (Lipinski definition) is 5. The van der Waals surface area contributed by atoms with Gasteiger partial charge in [-0.05, 0) is 42.5 Å². The number of pyridine rings is 1. The number of guanidine groups is 1. The molecule has 2 aromatic rings. The molecule has 1 aromatic carbocycles. The minimum Gasteiger partial charge on any atom is -0.497 e. The quantitative estimate of drug-likeness (QED) is 0.511. The van der Waals surface area contributed by atoms with Crippen molar-refractivity contribution in [3.05, 3.63) is 47.7 Å². The highest BCUT2D eigenvalue weighted by molar-refractivity contribution is 5.79. The summed E-state index contributed by atoms with van der Waals surface area (Å²) in [5.41, 5.74) is 2.11. The topological polar surface area (TPSA) is 77.0 Å². The van der Waals surface area contributed by atoms with Crippen molar-refractivity contribution in [2.75, 3.05) is 27.9 Å². The molecule has 2 N–H and O–H groups in total. The molecule has 0 spiro atoms. The van der Waals surface area contributed by atoms with E-state index in [1.807, 2.05) is 30.3 Å². The molecule has 0 radical (unpaired) electrons. The number of nitrogens with zero attached hydrogens (tertiary/aromatic N) is 2. The minimum atomic E-state index is 0.582. The molecule has 0 unspecified atom stereocenters. The molecule has 7 nitrogen and oxygen atoms in total. The second-order valence-electron chi connectivity index (χ2n) is 6.71. The number of rotatable bonds is 9. The summed E-state index contributed by atoms with van der Waals surface area (Å²) in [5.74, 6) is 3.63. The van der Waals surface area contributed by atoms with Gasteiger partial charge in [-0.2, -0.15) is 0 Å². The summed E-state index contributed by atoms with van der Waals surface area (Å²) < 4.78 is 16.4. The Morgan fingerprint density at radius 3 is 2.64 bits per heavy atom. The average Bonchev–Trinajstić information content (AvgIpc) is 3.57. The number of methoxy groups -OCH3 is 2. The van der Waals surface area contributed by atoms with Crippen molar-refractivity contribution >= 4 is 5.96 Å². The van der Waals surface area contributed by atoms with Gasteiger partial charge in [0.25, 0.3) is 0 Å². The number of nitrogens with one attached hydrogen (secondary N) is 2. The molecule has 28 heavy (non-hydrogen) atoms. The highest BCUT2D eigenvalue weighted by Crippen LogP contribution is 2.29. The summed E-state index contributed by atoms with van der Waals surface area (Å²) in [6.45, 7) is 1.97. The monoisotopic (exact) mass is 384 g/mol. The first kappa shape index (κ1) is 19.8. The molecule has 0 bridgehead atoms. The Hall–Kier alpha value is -2.96. The summed E-state index contributed by atoms with van der Waals surface area (Å²) in [6.07, 6.45) is 4.31. The van der Waals surface area contributed by atoms with Crippen molar-refractivity contribution in [1.29, 1.82) is 0 Å². The van der Waals surface area contributed by atoms with Crippen molar-refractivity contribution in [2.45, 2.75) is 25.9 Å². The van der Waals surface area contributed by atoms with Crippen LogP contribution in [0, 0.1) is 5.92 Å². The zero-order valence-electron chi connectivity index (χ0n) is 16.7. The van der Waals surface area contributed by atoms with Crippen LogP contribution in [0.5, 0.6) is 17.4 Å². The van der Waals surface area contributed by atoms with Gasteiger partial charge in [0.15, 0.2) is 5.96 Å². The van der Waals surface area contributed by atoms with E-state index in [1.165, 1.54) is 12.8 Å². The van der Waals surface area contributed by atoms with Crippen LogP contribution in [0.3, 0.4) is 0 Å². The molecule has 1 aliphatic carbocycles. The van der Waals surface area contributed by atoms with E-state index in [9.17, 15) is 0 Å². The third-order valence-electron chi connectivity index (χ3n) is 4.59. The Balaban J connectivity index is 1.51. The van der Waals surface area contributed by atoms with E-state index in [1.54, 1.807) is 27.5 Å². The Morgan fingerprint density at radius 1 is 1.11 bits per heavy atom. The van der Waals surface area contributed by atoms with Gasteiger partial charge in [-0.3, -0.25) is 4.99 Å². The van der Waals surface area contributed by atoms with Gasteiger partial charge < -0.3 is 24.8 Å². The summed E-state index contributed by atoms with van der Waals surface area (Å²) in [5, 5.41) is 6.61. The number of aromatic nitrogens is 1. The van der Waals surface area contributed by atoms with Gasteiger partial charge in [-0.15, -0.1) is 0 Å². The van der Waals surface area contributed by atoms with Crippen molar-refractivity contribution in [3.63, 3.8) is 0 Å². The Labute approximate surface area is 166 Å². The van der Waals surface area contributed by atoms with E-state index in [0.29, 0.717) is 30.8 Å². The zero-order valence-corrected chi connectivity index (χ0v) is 16.7. The second-order valence-corrected chi connectivity index (χ2v) is 6.71. The van der Waals surface area contributed by atoms with Crippen molar-refractivity contribution in [1.82, 2.24) is 15.6 Å². The van der Waals surface area contributed by atoms with Crippen LogP contribution in [0.1, 0.15) is 24.0 Å². The molecule has 1 aromatic heterocycles. The second kappa shape index (κ2) is 9.82. The highest BCUT2D eigenvalue weighted by atomic mass is 16.5. The van der Waals surface area contributed by atoms with E-state index < -0.39 is 0 Å². The van der Waals surface area contributed by atoms with Gasteiger partial charge in [-0.25, -0.2) is 4.98 Å². The van der Waals surface area contributed by atoms with E-state index in [4.69, 9.17) is 14.2 Å². The molecule has 3 rings (SSSR count). The van der Waals surface area contributed by atoms with Crippen molar-refractivity contribution in [2.24, 2.45) is 10.9 Å². The van der Waals surface area contributed by atoms with Crippen LogP contribution >= 0.6 is 0 Å². The predicted molar refractivity (Wildman–Crippen MR) is 109 cm³/mol. The van der Waals surface area contributed by atoms with E-state index >= 15 is 0 Å². The van der Waals surface area contributed by atoms with Crippen LogP contribution < -0.4 is 24.8 Å². The molecule has 0 atom stereocenters. The molecule has 150 valence electrons. The fraction of sp³-hybridized carbons (Fsp3) is 0.429. The van der Waals surface area contributed by atoms with E-state index in [2.05, 4.69) is 20.6 Å². The fourth-order valence-corrected chi connectivity index (χ4v) is 2.71. The number of benzene rings is 1. The lowest BCUT2D eigenvalue weighted by Crippen LogP contribution is -2.36. The zero-order chi connectivity index (χ0) is 19.8. The van der Waals surface area contributed by atoms with Crippen LogP contribution in [-0.2, 0) is 13.1 Å². The summed E-state index contributed by atoms with van der Waals surface area (Å²) in [6, 6.07) is 9.69. The number of aliphatic imine (C=N–C) groups is 1. The van der Waals surface area contributed by atoms with Gasteiger partial charge in [0.1, 0.15) is 11.5 Å². The predicted octanol–water partition coefficient (Wildman–Crippen LogP) is 2.75. The minimum absolute atomic E-state index is 0.582.